The van der Waals surface area contributed by atoms with E-state index in [4.69, 9.17) is 9.47 Å². The van der Waals surface area contributed by atoms with Crippen LogP contribution in [0.25, 0.3) is 0 Å². The Balaban J connectivity index is 2.40. The number of hydrogen-bond acceptors (Lipinski definition) is 4. The van der Waals surface area contributed by atoms with Crippen LogP contribution < -0.4 is 4.74 Å². The van der Waals surface area contributed by atoms with Crippen molar-refractivity contribution in [2.45, 2.75) is 20.3 Å². The fourth-order valence-corrected chi connectivity index (χ4v) is 1.39. The van der Waals surface area contributed by atoms with E-state index in [2.05, 4.69) is 13.8 Å². The van der Waals surface area contributed by atoms with E-state index in [1.165, 1.54) is 0 Å². The lowest BCUT2D eigenvalue weighted by atomic mass is 10.1. The van der Waals surface area contributed by atoms with Crippen LogP contribution >= 0.6 is 0 Å². The van der Waals surface area contributed by atoms with Gasteiger partial charge in [-0.1, -0.05) is 13.8 Å². The van der Waals surface area contributed by atoms with E-state index >= 15 is 0 Å². The first-order valence-corrected chi connectivity index (χ1v) is 6.15. The van der Waals surface area contributed by atoms with Crippen LogP contribution in [0.5, 0.6) is 5.75 Å². The van der Waals surface area contributed by atoms with Crippen molar-refractivity contribution in [3.8, 4) is 5.75 Å². The Morgan fingerprint density at radius 2 is 2.05 bits per heavy atom. The van der Waals surface area contributed by atoms with E-state index in [1.54, 1.807) is 0 Å². The largest absolute Gasteiger partial charge is 0.484 e. The fourth-order valence-electron chi connectivity index (χ4n) is 1.39. The Morgan fingerprint density at radius 3 is 2.68 bits per heavy atom. The molecule has 19 heavy (non-hydrogen) atoms. The minimum Gasteiger partial charge on any atom is -0.484 e. The molecule has 0 aromatic heterocycles. The van der Waals surface area contributed by atoms with E-state index < -0.39 is 10.7 Å². The highest BCUT2D eigenvalue weighted by molar-refractivity contribution is 5.46. The molecule has 0 aliphatic carbocycles. The molecule has 0 saturated carbocycles. The van der Waals surface area contributed by atoms with Crippen LogP contribution in [0.15, 0.2) is 18.2 Å². The third-order valence-corrected chi connectivity index (χ3v) is 2.44. The van der Waals surface area contributed by atoms with Crippen LogP contribution in [-0.4, -0.2) is 24.7 Å². The van der Waals surface area contributed by atoms with Gasteiger partial charge >= 0.3 is 5.69 Å². The smallest absolute Gasteiger partial charge is 0.311 e. The van der Waals surface area contributed by atoms with Crippen LogP contribution in [0.4, 0.5) is 10.1 Å². The average Bonchev–Trinajstić information content (AvgIpc) is 2.33. The van der Waals surface area contributed by atoms with Crippen molar-refractivity contribution >= 4 is 5.69 Å². The molecule has 0 heterocycles. The van der Waals surface area contributed by atoms with E-state index in [0.717, 1.165) is 24.6 Å². The first-order chi connectivity index (χ1) is 9.00. The number of hydrogen-bond donors (Lipinski definition) is 0. The van der Waals surface area contributed by atoms with E-state index in [1.807, 2.05) is 0 Å². The first-order valence-electron chi connectivity index (χ1n) is 6.15. The van der Waals surface area contributed by atoms with Crippen molar-refractivity contribution in [2.75, 3.05) is 19.8 Å². The summed E-state index contributed by atoms with van der Waals surface area (Å²) < 4.78 is 23.5. The Hall–Kier alpha value is -1.69. The molecule has 0 unspecified atom stereocenters. The monoisotopic (exact) mass is 271 g/mol. The molecule has 0 N–H and O–H groups in total. The highest BCUT2D eigenvalue weighted by atomic mass is 19.1. The molecule has 0 saturated heterocycles. The number of halogens is 1. The number of benzene rings is 1. The predicted octanol–water partition coefficient (Wildman–Crippen LogP) is 3.18. The maximum atomic E-state index is 13.0. The second-order valence-electron chi connectivity index (χ2n) is 4.51. The molecule has 0 spiro atoms. The van der Waals surface area contributed by atoms with Crippen molar-refractivity contribution in [1.82, 2.24) is 0 Å². The molecule has 0 aliphatic heterocycles. The molecule has 0 aliphatic rings. The number of rotatable bonds is 8. The second kappa shape index (κ2) is 7.68. The van der Waals surface area contributed by atoms with Gasteiger partial charge < -0.3 is 9.47 Å². The molecule has 0 radical (unpaired) electrons. The number of ether oxygens (including phenoxy) is 2. The maximum Gasteiger partial charge on any atom is 0.311 e. The lowest BCUT2D eigenvalue weighted by Crippen LogP contribution is -2.09. The maximum absolute atomic E-state index is 13.0. The number of nitrogens with zero attached hydrogens (tertiary/aromatic N) is 1. The summed E-state index contributed by atoms with van der Waals surface area (Å²) in [6.07, 6.45) is 0.945. The zero-order valence-electron chi connectivity index (χ0n) is 11.1. The minimum atomic E-state index is -0.603. The van der Waals surface area contributed by atoms with Gasteiger partial charge in [0.25, 0.3) is 0 Å². The normalized spacial score (nSPS) is 10.7. The standard InChI is InChI=1S/C13H18FNO4/c1-10(2)5-6-18-7-8-19-13-9-11(14)3-4-12(13)15(16)17/h3-4,9-10H,5-8H2,1-2H3. The lowest BCUT2D eigenvalue weighted by Gasteiger charge is -2.08. The molecule has 6 heteroatoms. The topological polar surface area (TPSA) is 61.6 Å². The zero-order valence-corrected chi connectivity index (χ0v) is 11.1. The van der Waals surface area contributed by atoms with E-state index in [0.29, 0.717) is 19.1 Å². The molecule has 0 amide bonds. The summed E-state index contributed by atoms with van der Waals surface area (Å²) in [7, 11) is 0. The Kier molecular flexibility index (Phi) is 6.21. The van der Waals surface area contributed by atoms with Crippen LogP contribution in [0, 0.1) is 21.8 Å². The van der Waals surface area contributed by atoms with Crippen molar-refractivity contribution in [3.63, 3.8) is 0 Å². The minimum absolute atomic E-state index is 0.0718. The van der Waals surface area contributed by atoms with Gasteiger partial charge in [0, 0.05) is 18.7 Å². The van der Waals surface area contributed by atoms with Gasteiger partial charge in [-0.25, -0.2) is 4.39 Å². The van der Waals surface area contributed by atoms with E-state index in [9.17, 15) is 14.5 Å². The van der Waals surface area contributed by atoms with Crippen molar-refractivity contribution in [3.05, 3.63) is 34.1 Å². The van der Waals surface area contributed by atoms with Crippen molar-refractivity contribution in [1.29, 1.82) is 0 Å². The SMILES string of the molecule is CC(C)CCOCCOc1cc(F)ccc1[N+](=O)[O-]. The van der Waals surface area contributed by atoms with Crippen LogP contribution in [-0.2, 0) is 4.74 Å². The summed E-state index contributed by atoms with van der Waals surface area (Å²) in [5.41, 5.74) is -0.247. The Bertz CT molecular complexity index is 423. The van der Waals surface area contributed by atoms with Gasteiger partial charge in [0.1, 0.15) is 12.4 Å². The molecule has 0 bridgehead atoms. The average molecular weight is 271 g/mol. The van der Waals surface area contributed by atoms with Crippen molar-refractivity contribution < 1.29 is 18.8 Å². The highest BCUT2D eigenvalue weighted by Gasteiger charge is 2.15. The molecule has 106 valence electrons. The molecule has 1 aromatic rings. The summed E-state index contributed by atoms with van der Waals surface area (Å²) in [6.45, 7) is 5.28. The van der Waals surface area contributed by atoms with Gasteiger partial charge in [0.15, 0.2) is 5.75 Å². The van der Waals surface area contributed by atoms with E-state index in [-0.39, 0.29) is 18.0 Å². The first kappa shape index (κ1) is 15.4. The third-order valence-electron chi connectivity index (χ3n) is 2.44. The molecule has 1 aromatic carbocycles. The van der Waals surface area contributed by atoms with Crippen LogP contribution in [0.3, 0.4) is 0 Å². The van der Waals surface area contributed by atoms with Gasteiger partial charge in [-0.2, -0.15) is 0 Å². The Labute approximate surface area is 111 Å². The third kappa shape index (κ3) is 5.65. The molecule has 5 nitrogen and oxygen atoms in total. The summed E-state index contributed by atoms with van der Waals surface area (Å²) in [5.74, 6) is -0.0796. The quantitative estimate of drug-likeness (QED) is 0.414. The van der Waals surface area contributed by atoms with Gasteiger partial charge in [-0.15, -0.1) is 0 Å². The highest BCUT2D eigenvalue weighted by Crippen LogP contribution is 2.27. The molecule has 0 fully saturated rings. The predicted molar refractivity (Wildman–Crippen MR) is 68.8 cm³/mol. The van der Waals surface area contributed by atoms with Crippen LogP contribution in [0.1, 0.15) is 20.3 Å². The summed E-state index contributed by atoms with van der Waals surface area (Å²) in [5, 5.41) is 10.7. The summed E-state index contributed by atoms with van der Waals surface area (Å²) in [4.78, 5) is 10.1. The number of nitro groups is 1. The molecular weight excluding hydrogens is 253 g/mol. The zero-order chi connectivity index (χ0) is 14.3. The van der Waals surface area contributed by atoms with Gasteiger partial charge in [0.2, 0.25) is 0 Å². The van der Waals surface area contributed by atoms with Gasteiger partial charge in [0.05, 0.1) is 11.5 Å². The molecule has 0 atom stereocenters. The Morgan fingerprint density at radius 1 is 1.32 bits per heavy atom. The summed E-state index contributed by atoms with van der Waals surface area (Å²) in [6, 6.07) is 3.13. The lowest BCUT2D eigenvalue weighted by molar-refractivity contribution is -0.385. The molecular formula is C13H18FNO4. The van der Waals surface area contributed by atoms with Gasteiger partial charge in [-0.05, 0) is 18.4 Å². The van der Waals surface area contributed by atoms with Crippen molar-refractivity contribution in [2.24, 2.45) is 5.92 Å². The van der Waals surface area contributed by atoms with Crippen LogP contribution in [0.2, 0.25) is 0 Å². The molecule has 1 rings (SSSR count). The second-order valence-corrected chi connectivity index (χ2v) is 4.51. The van der Waals surface area contributed by atoms with Gasteiger partial charge in [-0.3, -0.25) is 10.1 Å². The fraction of sp³-hybridized carbons (Fsp3) is 0.538. The summed E-state index contributed by atoms with van der Waals surface area (Å²) >= 11 is 0. The number of nitro benzene ring substituents is 1.